The summed E-state index contributed by atoms with van der Waals surface area (Å²) in [4.78, 5) is 11.9. The van der Waals surface area contributed by atoms with Crippen molar-refractivity contribution in [1.82, 2.24) is 5.32 Å². The molecule has 1 N–H and O–H groups in total. The maximum atomic E-state index is 13.7. The molecule has 0 fully saturated rings. The third-order valence-corrected chi connectivity index (χ3v) is 4.82. The number of nitrogens with one attached hydrogen (secondary N) is 1. The standard InChI is InChI=1S/C18H17ClFNO3S/c19-13-6-5-12(15(20)7-13)10-25-11-18(22)21-8-14-9-23-16-3-1-2-4-17(16)24-14/h1-7,14H,8-11H2,(H,21,22). The van der Waals surface area contributed by atoms with E-state index in [0.717, 1.165) is 0 Å². The van der Waals surface area contributed by atoms with Crippen LogP contribution in [0.3, 0.4) is 0 Å². The van der Waals surface area contributed by atoms with Crippen molar-refractivity contribution in [2.24, 2.45) is 0 Å². The number of hydrogen-bond donors (Lipinski definition) is 1. The van der Waals surface area contributed by atoms with Gasteiger partial charge in [-0.05, 0) is 29.8 Å². The Morgan fingerprint density at radius 3 is 2.88 bits per heavy atom. The minimum Gasteiger partial charge on any atom is -0.486 e. The van der Waals surface area contributed by atoms with Gasteiger partial charge in [-0.25, -0.2) is 4.39 Å². The van der Waals surface area contributed by atoms with E-state index < -0.39 is 0 Å². The largest absolute Gasteiger partial charge is 0.486 e. The molecule has 0 bridgehead atoms. The highest BCUT2D eigenvalue weighted by atomic mass is 35.5. The Labute approximate surface area is 154 Å². The number of halogens is 2. The first-order valence-electron chi connectivity index (χ1n) is 7.78. The second-order valence-corrected chi connectivity index (χ2v) is 6.95. The van der Waals surface area contributed by atoms with Crippen molar-refractivity contribution in [2.75, 3.05) is 18.9 Å². The fourth-order valence-corrected chi connectivity index (χ4v) is 3.34. The van der Waals surface area contributed by atoms with Crippen molar-refractivity contribution in [3.05, 3.63) is 58.9 Å². The van der Waals surface area contributed by atoms with E-state index in [1.165, 1.54) is 17.8 Å². The van der Waals surface area contributed by atoms with Gasteiger partial charge in [0.2, 0.25) is 5.91 Å². The number of fused-ring (bicyclic) bond motifs is 1. The lowest BCUT2D eigenvalue weighted by Gasteiger charge is -2.26. The molecule has 0 aromatic heterocycles. The van der Waals surface area contributed by atoms with Crippen molar-refractivity contribution in [1.29, 1.82) is 0 Å². The quantitative estimate of drug-likeness (QED) is 0.829. The third-order valence-electron chi connectivity index (χ3n) is 3.60. The first-order chi connectivity index (χ1) is 12.1. The van der Waals surface area contributed by atoms with Crippen LogP contribution in [0.1, 0.15) is 5.56 Å². The molecular formula is C18H17ClFNO3S. The predicted octanol–water partition coefficient (Wildman–Crippen LogP) is 3.67. The predicted molar refractivity (Wildman–Crippen MR) is 96.9 cm³/mol. The summed E-state index contributed by atoms with van der Waals surface area (Å²) in [5.74, 6) is 1.57. The molecular weight excluding hydrogens is 365 g/mol. The Kier molecular flexibility index (Phi) is 6.04. The molecule has 25 heavy (non-hydrogen) atoms. The molecule has 1 atom stereocenters. The summed E-state index contributed by atoms with van der Waals surface area (Å²) in [7, 11) is 0. The van der Waals surface area contributed by atoms with Gasteiger partial charge in [0.05, 0.1) is 12.3 Å². The first-order valence-corrected chi connectivity index (χ1v) is 9.32. The molecule has 0 radical (unpaired) electrons. The van der Waals surface area contributed by atoms with E-state index in [9.17, 15) is 9.18 Å². The number of ether oxygens (including phenoxy) is 2. The molecule has 0 saturated heterocycles. The highest BCUT2D eigenvalue weighted by Crippen LogP contribution is 2.30. The van der Waals surface area contributed by atoms with Crippen LogP contribution >= 0.6 is 23.4 Å². The van der Waals surface area contributed by atoms with Gasteiger partial charge in [0.15, 0.2) is 11.5 Å². The Morgan fingerprint density at radius 1 is 1.28 bits per heavy atom. The van der Waals surface area contributed by atoms with E-state index in [0.29, 0.717) is 41.0 Å². The number of carbonyl (C=O) groups is 1. The average Bonchev–Trinajstić information content (AvgIpc) is 2.61. The van der Waals surface area contributed by atoms with Gasteiger partial charge >= 0.3 is 0 Å². The van der Waals surface area contributed by atoms with E-state index in [2.05, 4.69) is 5.32 Å². The van der Waals surface area contributed by atoms with Crippen LogP contribution in [0.25, 0.3) is 0 Å². The molecule has 4 nitrogen and oxygen atoms in total. The smallest absolute Gasteiger partial charge is 0.230 e. The van der Waals surface area contributed by atoms with Crippen molar-refractivity contribution < 1.29 is 18.7 Å². The molecule has 1 heterocycles. The Hall–Kier alpha value is -1.92. The fraction of sp³-hybridized carbons (Fsp3) is 0.278. The second-order valence-electron chi connectivity index (χ2n) is 5.53. The Bertz CT molecular complexity index is 759. The van der Waals surface area contributed by atoms with Crippen molar-refractivity contribution in [3.8, 4) is 11.5 Å². The van der Waals surface area contributed by atoms with Crippen LogP contribution in [-0.4, -0.2) is 30.9 Å². The van der Waals surface area contributed by atoms with E-state index in [4.69, 9.17) is 21.1 Å². The van der Waals surface area contributed by atoms with Gasteiger partial charge in [-0.3, -0.25) is 4.79 Å². The topological polar surface area (TPSA) is 47.6 Å². The highest BCUT2D eigenvalue weighted by molar-refractivity contribution is 7.99. The minimum absolute atomic E-state index is 0.123. The molecule has 0 aliphatic carbocycles. The van der Waals surface area contributed by atoms with Crippen molar-refractivity contribution >= 4 is 29.3 Å². The van der Waals surface area contributed by atoms with Crippen molar-refractivity contribution in [3.63, 3.8) is 0 Å². The molecule has 0 saturated carbocycles. The number of para-hydroxylation sites is 2. The van der Waals surface area contributed by atoms with Crippen LogP contribution in [0.5, 0.6) is 11.5 Å². The molecule has 1 unspecified atom stereocenters. The van der Waals surface area contributed by atoms with Gasteiger partial charge in [0.1, 0.15) is 18.5 Å². The lowest BCUT2D eigenvalue weighted by Crippen LogP contribution is -2.41. The van der Waals surface area contributed by atoms with Gasteiger partial charge in [-0.1, -0.05) is 29.8 Å². The molecule has 7 heteroatoms. The zero-order chi connectivity index (χ0) is 17.6. The normalized spacial score (nSPS) is 15.7. The van der Waals surface area contributed by atoms with E-state index in [-0.39, 0.29) is 23.6 Å². The monoisotopic (exact) mass is 381 g/mol. The van der Waals surface area contributed by atoms with Crippen LogP contribution < -0.4 is 14.8 Å². The number of hydrogen-bond acceptors (Lipinski definition) is 4. The number of thioether (sulfide) groups is 1. The zero-order valence-corrected chi connectivity index (χ0v) is 14.9. The van der Waals surface area contributed by atoms with Gasteiger partial charge in [0.25, 0.3) is 0 Å². The molecule has 1 aliphatic rings. The summed E-state index contributed by atoms with van der Waals surface area (Å²) in [5.41, 5.74) is 0.530. The van der Waals surface area contributed by atoms with Crippen LogP contribution in [0, 0.1) is 5.82 Å². The van der Waals surface area contributed by atoms with Crippen LogP contribution in [0.4, 0.5) is 4.39 Å². The molecule has 0 spiro atoms. The zero-order valence-electron chi connectivity index (χ0n) is 13.3. The van der Waals surface area contributed by atoms with Gasteiger partial charge in [-0.15, -0.1) is 11.8 Å². The summed E-state index contributed by atoms with van der Waals surface area (Å²) >= 11 is 7.06. The molecule has 132 valence electrons. The fourth-order valence-electron chi connectivity index (χ4n) is 2.33. The van der Waals surface area contributed by atoms with Crippen LogP contribution in [0.15, 0.2) is 42.5 Å². The maximum absolute atomic E-state index is 13.7. The van der Waals surface area contributed by atoms with Gasteiger partial charge in [0, 0.05) is 10.8 Å². The number of benzene rings is 2. The van der Waals surface area contributed by atoms with Gasteiger partial charge < -0.3 is 14.8 Å². The van der Waals surface area contributed by atoms with Crippen LogP contribution in [-0.2, 0) is 10.5 Å². The summed E-state index contributed by atoms with van der Waals surface area (Å²) < 4.78 is 25.0. The molecule has 3 rings (SSSR count). The summed E-state index contributed by atoms with van der Waals surface area (Å²) in [6, 6.07) is 12.0. The lowest BCUT2D eigenvalue weighted by molar-refractivity contribution is -0.119. The lowest BCUT2D eigenvalue weighted by atomic mass is 10.2. The average molecular weight is 382 g/mol. The van der Waals surface area contributed by atoms with Crippen LogP contribution in [0.2, 0.25) is 5.02 Å². The van der Waals surface area contributed by atoms with Gasteiger partial charge in [-0.2, -0.15) is 0 Å². The van der Waals surface area contributed by atoms with E-state index >= 15 is 0 Å². The second kappa shape index (κ2) is 8.45. The minimum atomic E-state index is -0.355. The Morgan fingerprint density at radius 2 is 2.08 bits per heavy atom. The molecule has 1 amide bonds. The van der Waals surface area contributed by atoms with Crippen molar-refractivity contribution in [2.45, 2.75) is 11.9 Å². The maximum Gasteiger partial charge on any atom is 0.230 e. The molecule has 2 aromatic rings. The number of amides is 1. The Balaban J connectivity index is 1.39. The highest BCUT2D eigenvalue weighted by Gasteiger charge is 2.20. The SMILES string of the molecule is O=C(CSCc1ccc(Cl)cc1F)NCC1COc2ccccc2O1. The van der Waals surface area contributed by atoms with E-state index in [1.54, 1.807) is 12.1 Å². The number of carbonyl (C=O) groups excluding carboxylic acids is 1. The third kappa shape index (κ3) is 5.03. The molecule has 1 aliphatic heterocycles. The summed E-state index contributed by atoms with van der Waals surface area (Å²) in [6.45, 7) is 0.753. The first kappa shape index (κ1) is 17.9. The number of rotatable bonds is 6. The van der Waals surface area contributed by atoms with E-state index in [1.807, 2.05) is 24.3 Å². The summed E-state index contributed by atoms with van der Waals surface area (Å²) in [5, 5.41) is 3.17. The molecule has 2 aromatic carbocycles. The summed E-state index contributed by atoms with van der Waals surface area (Å²) in [6.07, 6.45) is -0.224.